The smallest absolute Gasteiger partial charge is 0.262 e. The number of para-hydroxylation sites is 1. The van der Waals surface area contributed by atoms with Crippen molar-refractivity contribution in [2.75, 3.05) is 11.9 Å². The first kappa shape index (κ1) is 19.6. The number of carbonyl (C=O) groups is 1. The van der Waals surface area contributed by atoms with E-state index in [1.165, 1.54) is 12.1 Å². The molecule has 0 aliphatic rings. The Bertz CT molecular complexity index is 1020. The van der Waals surface area contributed by atoms with E-state index in [-0.39, 0.29) is 12.3 Å². The first-order chi connectivity index (χ1) is 13.5. The van der Waals surface area contributed by atoms with Crippen LogP contribution in [0.15, 0.2) is 71.7 Å². The number of hydrogen-bond donors (Lipinski definition) is 1. The van der Waals surface area contributed by atoms with Gasteiger partial charge < -0.3 is 10.1 Å². The Balaban J connectivity index is 1.59. The van der Waals surface area contributed by atoms with Crippen LogP contribution in [0.25, 0.3) is 0 Å². The quantitative estimate of drug-likeness (QED) is 0.555. The Labute approximate surface area is 167 Å². The monoisotopic (exact) mass is 396 g/mol. The summed E-state index contributed by atoms with van der Waals surface area (Å²) in [4.78, 5) is 16.3. The molecule has 3 rings (SSSR count). The zero-order chi connectivity index (χ0) is 19.9. The second-order valence-electron chi connectivity index (χ2n) is 6.10. The van der Waals surface area contributed by atoms with E-state index in [0.29, 0.717) is 10.8 Å². The van der Waals surface area contributed by atoms with Crippen LogP contribution >= 0.6 is 11.6 Å². The Kier molecular flexibility index (Phi) is 6.40. The minimum atomic E-state index is -0.508. The van der Waals surface area contributed by atoms with E-state index in [4.69, 9.17) is 16.3 Å². The van der Waals surface area contributed by atoms with Gasteiger partial charge in [-0.05, 0) is 60.5 Å². The van der Waals surface area contributed by atoms with Gasteiger partial charge in [0.1, 0.15) is 11.6 Å². The van der Waals surface area contributed by atoms with Gasteiger partial charge in [-0.15, -0.1) is 0 Å². The number of nitrogens with one attached hydrogen (secondary N) is 1. The third-order valence-electron chi connectivity index (χ3n) is 3.83. The molecule has 0 aliphatic heterocycles. The van der Waals surface area contributed by atoms with Gasteiger partial charge in [0, 0.05) is 6.21 Å². The number of hydrogen-bond acceptors (Lipinski definition) is 3. The third kappa shape index (κ3) is 5.41. The summed E-state index contributed by atoms with van der Waals surface area (Å²) < 4.78 is 19.0. The first-order valence-corrected chi connectivity index (χ1v) is 8.96. The molecule has 0 saturated heterocycles. The zero-order valence-corrected chi connectivity index (χ0v) is 15.9. The molecule has 0 aliphatic carbocycles. The summed E-state index contributed by atoms with van der Waals surface area (Å²) in [6.07, 6.45) is 1.70. The highest BCUT2D eigenvalue weighted by Crippen LogP contribution is 2.25. The summed E-state index contributed by atoms with van der Waals surface area (Å²) in [6, 6.07) is 18.9. The lowest BCUT2D eigenvalue weighted by molar-refractivity contribution is -0.118. The number of benzene rings is 3. The summed E-state index contributed by atoms with van der Waals surface area (Å²) in [5.74, 6) is -0.629. The summed E-state index contributed by atoms with van der Waals surface area (Å²) in [7, 11) is 0. The zero-order valence-electron chi connectivity index (χ0n) is 15.2. The van der Waals surface area contributed by atoms with Crippen molar-refractivity contribution in [2.45, 2.75) is 6.92 Å². The Morgan fingerprint density at radius 3 is 2.71 bits per heavy atom. The lowest BCUT2D eigenvalue weighted by Crippen LogP contribution is -2.20. The van der Waals surface area contributed by atoms with E-state index in [0.717, 1.165) is 16.8 Å². The fraction of sp³-hybridized carbons (Fsp3) is 0.0909. The molecule has 142 valence electrons. The number of halogens is 2. The van der Waals surface area contributed by atoms with Gasteiger partial charge in [0.2, 0.25) is 0 Å². The van der Waals surface area contributed by atoms with E-state index in [1.807, 2.05) is 31.2 Å². The molecule has 0 atom stereocenters. The molecular weight excluding hydrogens is 379 g/mol. The van der Waals surface area contributed by atoms with E-state index in [9.17, 15) is 9.18 Å². The van der Waals surface area contributed by atoms with Crippen molar-refractivity contribution >= 4 is 35.1 Å². The van der Waals surface area contributed by atoms with Crippen LogP contribution in [-0.4, -0.2) is 18.7 Å². The van der Waals surface area contributed by atoms with Crippen molar-refractivity contribution in [3.8, 4) is 5.75 Å². The first-order valence-electron chi connectivity index (χ1n) is 8.59. The number of ether oxygens (including phenoxy) is 1. The third-order valence-corrected chi connectivity index (χ3v) is 4.12. The van der Waals surface area contributed by atoms with Gasteiger partial charge in [-0.3, -0.25) is 9.79 Å². The minimum absolute atomic E-state index is 0.102. The molecule has 0 saturated carbocycles. The number of aliphatic imine (C=N–C) groups is 1. The van der Waals surface area contributed by atoms with Gasteiger partial charge in [0.05, 0.1) is 16.4 Å². The van der Waals surface area contributed by atoms with Crippen LogP contribution in [0.5, 0.6) is 5.75 Å². The average Bonchev–Trinajstić information content (AvgIpc) is 2.67. The second kappa shape index (κ2) is 9.15. The van der Waals surface area contributed by atoms with E-state index >= 15 is 0 Å². The molecular formula is C22H18ClFN2O2. The lowest BCUT2D eigenvalue weighted by atomic mass is 10.2. The Hall–Kier alpha value is -3.18. The summed E-state index contributed by atoms with van der Waals surface area (Å²) in [5, 5.41) is 2.80. The van der Waals surface area contributed by atoms with Crippen molar-refractivity contribution in [1.82, 2.24) is 0 Å². The average molecular weight is 397 g/mol. The van der Waals surface area contributed by atoms with E-state index in [2.05, 4.69) is 10.3 Å². The van der Waals surface area contributed by atoms with Crippen molar-refractivity contribution in [1.29, 1.82) is 0 Å². The summed E-state index contributed by atoms with van der Waals surface area (Å²) in [6.45, 7) is 1.72. The highest BCUT2D eigenvalue weighted by Gasteiger charge is 2.09. The lowest BCUT2D eigenvalue weighted by Gasteiger charge is -2.09. The maximum Gasteiger partial charge on any atom is 0.262 e. The number of rotatable bonds is 6. The molecule has 3 aromatic carbocycles. The van der Waals surface area contributed by atoms with Crippen molar-refractivity contribution < 1.29 is 13.9 Å². The van der Waals surface area contributed by atoms with Gasteiger partial charge in [0.15, 0.2) is 6.61 Å². The van der Waals surface area contributed by atoms with Gasteiger partial charge in [0.25, 0.3) is 5.91 Å². The van der Waals surface area contributed by atoms with Crippen LogP contribution < -0.4 is 10.1 Å². The van der Waals surface area contributed by atoms with Crippen LogP contribution in [0, 0.1) is 12.7 Å². The SMILES string of the molecule is Cc1cccc(N=Cc2ccc(OCC(=O)Nc3ccccc3F)c(Cl)c2)c1. The van der Waals surface area contributed by atoms with Gasteiger partial charge in [-0.2, -0.15) is 0 Å². The maximum atomic E-state index is 13.6. The van der Waals surface area contributed by atoms with E-state index in [1.54, 1.807) is 36.5 Å². The maximum absolute atomic E-state index is 13.6. The highest BCUT2D eigenvalue weighted by atomic mass is 35.5. The molecule has 0 fully saturated rings. The van der Waals surface area contributed by atoms with Crippen molar-refractivity contribution in [3.05, 3.63) is 88.7 Å². The van der Waals surface area contributed by atoms with Crippen LogP contribution in [-0.2, 0) is 4.79 Å². The molecule has 0 aromatic heterocycles. The Morgan fingerprint density at radius 1 is 1.14 bits per heavy atom. The molecule has 28 heavy (non-hydrogen) atoms. The van der Waals surface area contributed by atoms with Crippen molar-refractivity contribution in [3.63, 3.8) is 0 Å². The standard InChI is InChI=1S/C22H18ClFN2O2/c1-15-5-4-6-17(11-15)25-13-16-9-10-21(18(23)12-16)28-14-22(27)26-20-8-3-2-7-19(20)24/h2-13H,14H2,1H3,(H,26,27). The molecule has 0 spiro atoms. The Morgan fingerprint density at radius 2 is 1.96 bits per heavy atom. The normalized spacial score (nSPS) is 10.8. The molecule has 6 heteroatoms. The predicted molar refractivity (Wildman–Crippen MR) is 110 cm³/mol. The second-order valence-corrected chi connectivity index (χ2v) is 6.51. The molecule has 0 radical (unpaired) electrons. The molecule has 4 nitrogen and oxygen atoms in total. The fourth-order valence-electron chi connectivity index (χ4n) is 2.46. The fourth-order valence-corrected chi connectivity index (χ4v) is 2.71. The molecule has 0 unspecified atom stereocenters. The van der Waals surface area contributed by atoms with Gasteiger partial charge in [-0.1, -0.05) is 35.9 Å². The molecule has 3 aromatic rings. The van der Waals surface area contributed by atoms with Crippen LogP contribution in [0.1, 0.15) is 11.1 Å². The number of aryl methyl sites for hydroxylation is 1. The van der Waals surface area contributed by atoms with Gasteiger partial charge in [-0.25, -0.2) is 4.39 Å². The van der Waals surface area contributed by atoms with Gasteiger partial charge >= 0.3 is 0 Å². The number of nitrogens with zero attached hydrogens (tertiary/aromatic N) is 1. The predicted octanol–water partition coefficient (Wildman–Crippen LogP) is 5.56. The number of anilines is 1. The highest BCUT2D eigenvalue weighted by molar-refractivity contribution is 6.32. The number of carbonyl (C=O) groups excluding carboxylic acids is 1. The summed E-state index contributed by atoms with van der Waals surface area (Å²) in [5.41, 5.74) is 2.88. The summed E-state index contributed by atoms with van der Waals surface area (Å²) >= 11 is 6.23. The minimum Gasteiger partial charge on any atom is -0.482 e. The largest absolute Gasteiger partial charge is 0.482 e. The molecule has 0 heterocycles. The van der Waals surface area contributed by atoms with E-state index < -0.39 is 11.7 Å². The van der Waals surface area contributed by atoms with Crippen LogP contribution in [0.4, 0.5) is 15.8 Å². The number of amides is 1. The van der Waals surface area contributed by atoms with Crippen molar-refractivity contribution in [2.24, 2.45) is 4.99 Å². The molecule has 0 bridgehead atoms. The topological polar surface area (TPSA) is 50.7 Å². The van der Waals surface area contributed by atoms with Crippen LogP contribution in [0.2, 0.25) is 5.02 Å². The molecule has 1 N–H and O–H groups in total. The molecule has 1 amide bonds. The van der Waals surface area contributed by atoms with Crippen LogP contribution in [0.3, 0.4) is 0 Å².